The molecule has 0 aliphatic heterocycles. The molecule has 1 aliphatic rings. The summed E-state index contributed by atoms with van der Waals surface area (Å²) in [5.41, 5.74) is 1.66. The first-order chi connectivity index (χ1) is 7.54. The van der Waals surface area contributed by atoms with Crippen LogP contribution in [-0.2, 0) is 0 Å². The topological polar surface area (TPSA) is 31.5 Å². The van der Waals surface area contributed by atoms with Crippen molar-refractivity contribution in [3.63, 3.8) is 0 Å². The zero-order valence-electron chi connectivity index (χ0n) is 12.8. The largest absolute Gasteiger partial charge is 0.412 e. The molecule has 1 rings (SSSR count). The van der Waals surface area contributed by atoms with E-state index >= 15 is 0 Å². The van der Waals surface area contributed by atoms with Crippen LogP contribution in [0.25, 0.3) is 0 Å². The SMILES string of the molecule is CCC.CCC(C=C(C)C1CC1)CC(C)C.O. The van der Waals surface area contributed by atoms with Gasteiger partial charge in [-0.2, -0.15) is 0 Å². The second-order valence-electron chi connectivity index (χ2n) is 5.69. The highest BCUT2D eigenvalue weighted by molar-refractivity contribution is 5.10. The molecular weight excluding hydrogens is 208 g/mol. The molecule has 0 aromatic heterocycles. The van der Waals surface area contributed by atoms with Crippen molar-refractivity contribution in [3.05, 3.63) is 11.6 Å². The first-order valence-electron chi connectivity index (χ1n) is 7.23. The molecule has 17 heavy (non-hydrogen) atoms. The number of hydrogen-bond acceptors (Lipinski definition) is 0. The van der Waals surface area contributed by atoms with Crippen molar-refractivity contribution >= 4 is 0 Å². The summed E-state index contributed by atoms with van der Waals surface area (Å²) in [6, 6.07) is 0. The maximum atomic E-state index is 2.54. The van der Waals surface area contributed by atoms with Crippen molar-refractivity contribution < 1.29 is 5.48 Å². The van der Waals surface area contributed by atoms with Gasteiger partial charge in [0.15, 0.2) is 0 Å². The molecule has 1 unspecified atom stereocenters. The number of rotatable bonds is 5. The van der Waals surface area contributed by atoms with E-state index in [9.17, 15) is 0 Å². The van der Waals surface area contributed by atoms with Crippen molar-refractivity contribution in [2.24, 2.45) is 17.8 Å². The molecule has 1 fully saturated rings. The monoisotopic (exact) mass is 242 g/mol. The van der Waals surface area contributed by atoms with Crippen LogP contribution in [0, 0.1) is 17.8 Å². The summed E-state index contributed by atoms with van der Waals surface area (Å²) < 4.78 is 0. The molecule has 0 heterocycles. The van der Waals surface area contributed by atoms with E-state index in [0.717, 1.165) is 17.8 Å². The minimum atomic E-state index is 0. The molecule has 2 N–H and O–H groups in total. The van der Waals surface area contributed by atoms with Gasteiger partial charge in [-0.1, -0.05) is 52.7 Å². The molecule has 0 aromatic rings. The van der Waals surface area contributed by atoms with E-state index in [4.69, 9.17) is 0 Å². The van der Waals surface area contributed by atoms with E-state index in [1.807, 2.05) is 0 Å². The van der Waals surface area contributed by atoms with Gasteiger partial charge in [-0.25, -0.2) is 0 Å². The Morgan fingerprint density at radius 1 is 1.18 bits per heavy atom. The smallest absolute Gasteiger partial charge is 0.0205 e. The predicted molar refractivity (Wildman–Crippen MR) is 79.3 cm³/mol. The fraction of sp³-hybridized carbons (Fsp3) is 0.875. The normalized spacial score (nSPS) is 17.0. The van der Waals surface area contributed by atoms with Gasteiger partial charge < -0.3 is 5.48 Å². The number of allylic oxidation sites excluding steroid dienone is 2. The van der Waals surface area contributed by atoms with Crippen LogP contribution in [0.4, 0.5) is 0 Å². The lowest BCUT2D eigenvalue weighted by Gasteiger charge is -2.14. The van der Waals surface area contributed by atoms with E-state index in [0.29, 0.717) is 0 Å². The summed E-state index contributed by atoms with van der Waals surface area (Å²) in [6.45, 7) is 13.5. The van der Waals surface area contributed by atoms with Crippen LogP contribution in [0.15, 0.2) is 11.6 Å². The van der Waals surface area contributed by atoms with Crippen LogP contribution in [0.5, 0.6) is 0 Å². The molecule has 1 aliphatic carbocycles. The number of hydrogen-bond donors (Lipinski definition) is 0. The van der Waals surface area contributed by atoms with Crippen LogP contribution in [0.2, 0.25) is 0 Å². The average Bonchev–Trinajstić information content (AvgIpc) is 3.00. The van der Waals surface area contributed by atoms with Gasteiger partial charge in [0.25, 0.3) is 0 Å². The molecule has 0 aromatic carbocycles. The van der Waals surface area contributed by atoms with E-state index in [1.165, 1.54) is 32.1 Å². The third kappa shape index (κ3) is 10.6. The Kier molecular flexibility index (Phi) is 12.1. The van der Waals surface area contributed by atoms with Gasteiger partial charge in [0.05, 0.1) is 0 Å². The Bertz CT molecular complexity index is 190. The third-order valence-electron chi connectivity index (χ3n) is 3.02. The Labute approximate surface area is 109 Å². The second-order valence-corrected chi connectivity index (χ2v) is 5.69. The van der Waals surface area contributed by atoms with Gasteiger partial charge in [-0.05, 0) is 50.4 Å². The summed E-state index contributed by atoms with van der Waals surface area (Å²) in [4.78, 5) is 0. The lowest BCUT2D eigenvalue weighted by Crippen LogP contribution is -2.01. The Hall–Kier alpha value is -0.300. The molecule has 0 saturated heterocycles. The first-order valence-corrected chi connectivity index (χ1v) is 7.23. The van der Waals surface area contributed by atoms with Gasteiger partial charge in [0.1, 0.15) is 0 Å². The summed E-state index contributed by atoms with van der Waals surface area (Å²) in [5, 5.41) is 0. The van der Waals surface area contributed by atoms with Gasteiger partial charge in [0.2, 0.25) is 0 Å². The van der Waals surface area contributed by atoms with E-state index < -0.39 is 0 Å². The molecule has 0 radical (unpaired) electrons. The maximum absolute atomic E-state index is 2.54. The lowest BCUT2D eigenvalue weighted by atomic mass is 9.92. The van der Waals surface area contributed by atoms with Crippen LogP contribution in [0.3, 0.4) is 0 Å². The molecule has 1 heteroatoms. The van der Waals surface area contributed by atoms with Crippen molar-refractivity contribution in [1.29, 1.82) is 0 Å². The maximum Gasteiger partial charge on any atom is -0.0205 e. The molecular formula is C16H34O. The van der Waals surface area contributed by atoms with Gasteiger partial charge >= 0.3 is 0 Å². The Morgan fingerprint density at radius 2 is 1.65 bits per heavy atom. The molecule has 0 bridgehead atoms. The molecule has 0 amide bonds. The van der Waals surface area contributed by atoms with Gasteiger partial charge in [-0.3, -0.25) is 0 Å². The van der Waals surface area contributed by atoms with Crippen molar-refractivity contribution in [2.75, 3.05) is 0 Å². The van der Waals surface area contributed by atoms with Crippen molar-refractivity contribution in [2.45, 2.75) is 73.6 Å². The van der Waals surface area contributed by atoms with E-state index in [2.05, 4.69) is 47.6 Å². The van der Waals surface area contributed by atoms with Crippen LogP contribution in [-0.4, -0.2) is 5.48 Å². The molecule has 1 saturated carbocycles. The summed E-state index contributed by atoms with van der Waals surface area (Å²) >= 11 is 0. The Morgan fingerprint density at radius 3 is 1.94 bits per heavy atom. The summed E-state index contributed by atoms with van der Waals surface area (Å²) in [5.74, 6) is 2.63. The zero-order chi connectivity index (χ0) is 12.6. The molecule has 0 spiro atoms. The first kappa shape index (κ1) is 19.0. The van der Waals surface area contributed by atoms with Crippen LogP contribution in [0.1, 0.15) is 73.6 Å². The van der Waals surface area contributed by atoms with E-state index in [1.54, 1.807) is 5.57 Å². The highest BCUT2D eigenvalue weighted by atomic mass is 16.0. The molecule has 1 atom stereocenters. The average molecular weight is 242 g/mol. The highest BCUT2D eigenvalue weighted by Gasteiger charge is 2.23. The summed E-state index contributed by atoms with van der Waals surface area (Å²) in [7, 11) is 0. The fourth-order valence-corrected chi connectivity index (χ4v) is 2.00. The van der Waals surface area contributed by atoms with Crippen LogP contribution >= 0.6 is 0 Å². The van der Waals surface area contributed by atoms with Crippen LogP contribution < -0.4 is 0 Å². The summed E-state index contributed by atoms with van der Waals surface area (Å²) in [6.07, 6.45) is 9.35. The minimum absolute atomic E-state index is 0. The quantitative estimate of drug-likeness (QED) is 0.607. The van der Waals surface area contributed by atoms with Crippen molar-refractivity contribution in [1.82, 2.24) is 0 Å². The second kappa shape index (κ2) is 10.8. The predicted octanol–water partition coefficient (Wildman–Crippen LogP) is 5.01. The third-order valence-corrected chi connectivity index (χ3v) is 3.02. The fourth-order valence-electron chi connectivity index (χ4n) is 2.00. The van der Waals surface area contributed by atoms with Gasteiger partial charge in [0, 0.05) is 0 Å². The zero-order valence-corrected chi connectivity index (χ0v) is 12.8. The Balaban J connectivity index is 0. The molecule has 104 valence electrons. The van der Waals surface area contributed by atoms with Gasteiger partial charge in [-0.15, -0.1) is 0 Å². The van der Waals surface area contributed by atoms with E-state index in [-0.39, 0.29) is 5.48 Å². The standard InChI is InChI=1S/C13H24.C3H8.H2O/c1-5-12(8-10(2)3)9-11(4)13-6-7-13;1-3-2;/h9-10,12-13H,5-8H2,1-4H3;3H2,1-2H3;1H2. The molecule has 1 nitrogen and oxygen atoms in total. The van der Waals surface area contributed by atoms with Crippen molar-refractivity contribution in [3.8, 4) is 0 Å². The highest BCUT2D eigenvalue weighted by Crippen LogP contribution is 2.37. The minimum Gasteiger partial charge on any atom is -0.412 e. The lowest BCUT2D eigenvalue weighted by molar-refractivity contribution is 0.462.